The molecule has 9 heteroatoms. The first kappa shape index (κ1) is 21.9. The summed E-state index contributed by atoms with van der Waals surface area (Å²) >= 11 is 0. The molecule has 4 amide bonds. The van der Waals surface area contributed by atoms with Crippen LogP contribution in [0.2, 0.25) is 0 Å². The van der Waals surface area contributed by atoms with Crippen LogP contribution in [-0.2, 0) is 19.1 Å². The van der Waals surface area contributed by atoms with Crippen LogP contribution in [0.3, 0.4) is 0 Å². The van der Waals surface area contributed by atoms with Gasteiger partial charge in [-0.2, -0.15) is 5.26 Å². The number of para-hydroxylation sites is 1. The van der Waals surface area contributed by atoms with Gasteiger partial charge in [-0.1, -0.05) is 32.0 Å². The molecule has 0 radical (unpaired) electrons. The number of benzene rings is 1. The van der Waals surface area contributed by atoms with E-state index in [1.54, 1.807) is 44.2 Å². The van der Waals surface area contributed by atoms with Crippen LogP contribution in [0, 0.1) is 11.3 Å². The first-order chi connectivity index (χ1) is 13.9. The minimum atomic E-state index is -1.01. The number of nitrogens with one attached hydrogen (secondary N) is 1. The highest BCUT2D eigenvalue weighted by molar-refractivity contribution is 6.08. The third-order valence-corrected chi connectivity index (χ3v) is 4.91. The van der Waals surface area contributed by atoms with Crippen molar-refractivity contribution in [3.05, 3.63) is 30.3 Å². The van der Waals surface area contributed by atoms with Crippen molar-refractivity contribution in [2.75, 3.05) is 24.6 Å². The molecular weight excluding hydrogens is 376 g/mol. The van der Waals surface area contributed by atoms with Gasteiger partial charge in [0.2, 0.25) is 0 Å². The van der Waals surface area contributed by atoms with E-state index in [4.69, 9.17) is 10.00 Å². The fourth-order valence-corrected chi connectivity index (χ4v) is 3.11. The van der Waals surface area contributed by atoms with E-state index in [1.165, 1.54) is 4.90 Å². The van der Waals surface area contributed by atoms with Crippen LogP contribution in [0.25, 0.3) is 0 Å². The summed E-state index contributed by atoms with van der Waals surface area (Å²) in [6, 6.07) is 10.0. The SMILES string of the molecule is CCC1(CC)NC(=O)N(CC(=O)OCC(=O)N(CCC#N)c2ccccc2)C1=O. The predicted molar refractivity (Wildman–Crippen MR) is 104 cm³/mol. The van der Waals surface area contributed by atoms with Gasteiger partial charge in [0.1, 0.15) is 12.1 Å². The second-order valence-electron chi connectivity index (χ2n) is 6.56. The highest BCUT2D eigenvalue weighted by Gasteiger charge is 2.49. The van der Waals surface area contributed by atoms with Crippen LogP contribution >= 0.6 is 0 Å². The number of hydrogen-bond donors (Lipinski definition) is 1. The zero-order chi connectivity index (χ0) is 21.4. The molecule has 0 saturated carbocycles. The molecule has 2 rings (SSSR count). The summed E-state index contributed by atoms with van der Waals surface area (Å²) in [5.74, 6) is -1.85. The maximum absolute atomic E-state index is 12.5. The van der Waals surface area contributed by atoms with E-state index in [-0.39, 0.29) is 13.0 Å². The molecule has 9 nitrogen and oxygen atoms in total. The average molecular weight is 400 g/mol. The van der Waals surface area contributed by atoms with Crippen molar-refractivity contribution in [2.45, 2.75) is 38.6 Å². The van der Waals surface area contributed by atoms with Gasteiger partial charge >= 0.3 is 12.0 Å². The lowest BCUT2D eigenvalue weighted by Crippen LogP contribution is -2.46. The molecule has 0 spiro atoms. The molecule has 1 aromatic carbocycles. The minimum absolute atomic E-state index is 0.118. The third kappa shape index (κ3) is 4.90. The number of rotatable bonds is 9. The van der Waals surface area contributed by atoms with Crippen LogP contribution in [0.1, 0.15) is 33.1 Å². The third-order valence-electron chi connectivity index (χ3n) is 4.91. The molecule has 0 unspecified atom stereocenters. The first-order valence-electron chi connectivity index (χ1n) is 9.40. The normalized spacial score (nSPS) is 14.9. The summed E-state index contributed by atoms with van der Waals surface area (Å²) in [7, 11) is 0. The van der Waals surface area contributed by atoms with E-state index < -0.39 is 42.5 Å². The van der Waals surface area contributed by atoms with Gasteiger partial charge < -0.3 is 15.0 Å². The molecule has 1 aromatic rings. The molecule has 1 aliphatic heterocycles. The smallest absolute Gasteiger partial charge is 0.326 e. The highest BCUT2D eigenvalue weighted by Crippen LogP contribution is 2.24. The summed E-state index contributed by atoms with van der Waals surface area (Å²) in [6.45, 7) is 2.58. The van der Waals surface area contributed by atoms with Crippen molar-refractivity contribution < 1.29 is 23.9 Å². The number of urea groups is 1. The Balaban J connectivity index is 1.97. The van der Waals surface area contributed by atoms with Crippen LogP contribution < -0.4 is 10.2 Å². The Hall–Kier alpha value is -3.41. The average Bonchev–Trinajstić information content (AvgIpc) is 2.98. The van der Waals surface area contributed by atoms with E-state index in [9.17, 15) is 19.2 Å². The van der Waals surface area contributed by atoms with Gasteiger partial charge in [-0.05, 0) is 25.0 Å². The second-order valence-corrected chi connectivity index (χ2v) is 6.56. The van der Waals surface area contributed by atoms with Crippen LogP contribution in [0.5, 0.6) is 0 Å². The van der Waals surface area contributed by atoms with E-state index in [0.29, 0.717) is 18.5 Å². The Morgan fingerprint density at radius 2 is 1.86 bits per heavy atom. The molecule has 29 heavy (non-hydrogen) atoms. The Labute approximate surface area is 169 Å². The lowest BCUT2D eigenvalue weighted by molar-refractivity contribution is -0.150. The van der Waals surface area contributed by atoms with Gasteiger partial charge in [0.05, 0.1) is 12.5 Å². The molecule has 0 bridgehead atoms. The maximum atomic E-state index is 12.5. The lowest BCUT2D eigenvalue weighted by Gasteiger charge is -2.23. The van der Waals surface area contributed by atoms with Crippen molar-refractivity contribution in [1.29, 1.82) is 5.26 Å². The van der Waals surface area contributed by atoms with Crippen molar-refractivity contribution in [2.24, 2.45) is 0 Å². The quantitative estimate of drug-likeness (QED) is 0.496. The lowest BCUT2D eigenvalue weighted by atomic mass is 9.93. The number of esters is 1. The van der Waals surface area contributed by atoms with Gasteiger partial charge in [-0.3, -0.25) is 19.3 Å². The van der Waals surface area contributed by atoms with Crippen molar-refractivity contribution in [3.8, 4) is 6.07 Å². The van der Waals surface area contributed by atoms with E-state index in [2.05, 4.69) is 5.32 Å². The summed E-state index contributed by atoms with van der Waals surface area (Å²) < 4.78 is 4.99. The van der Waals surface area contributed by atoms with Crippen LogP contribution in [0.4, 0.5) is 10.5 Å². The molecule has 1 aliphatic rings. The Kier molecular flexibility index (Phi) is 7.31. The van der Waals surface area contributed by atoms with E-state index in [1.807, 2.05) is 6.07 Å². The monoisotopic (exact) mass is 400 g/mol. The van der Waals surface area contributed by atoms with Gasteiger partial charge in [0, 0.05) is 12.2 Å². The summed E-state index contributed by atoms with van der Waals surface area (Å²) in [5.41, 5.74) is -0.428. The fourth-order valence-electron chi connectivity index (χ4n) is 3.11. The topological polar surface area (TPSA) is 120 Å². The van der Waals surface area contributed by atoms with Gasteiger partial charge in [-0.25, -0.2) is 4.79 Å². The molecule has 1 saturated heterocycles. The molecule has 1 fully saturated rings. The number of carbonyl (C=O) groups excluding carboxylic acids is 4. The molecular formula is C20H24N4O5. The minimum Gasteiger partial charge on any atom is -0.454 e. The van der Waals surface area contributed by atoms with Crippen LogP contribution in [0.15, 0.2) is 30.3 Å². The number of imide groups is 1. The van der Waals surface area contributed by atoms with Crippen LogP contribution in [-0.4, -0.2) is 54.0 Å². The molecule has 0 atom stereocenters. The molecule has 154 valence electrons. The first-order valence-corrected chi connectivity index (χ1v) is 9.40. The van der Waals surface area contributed by atoms with Crippen molar-refractivity contribution in [1.82, 2.24) is 10.2 Å². The number of anilines is 1. The number of nitriles is 1. The molecule has 0 aliphatic carbocycles. The van der Waals surface area contributed by atoms with Gasteiger partial charge in [0.15, 0.2) is 6.61 Å². The van der Waals surface area contributed by atoms with Crippen molar-refractivity contribution >= 4 is 29.5 Å². The molecule has 1 N–H and O–H groups in total. The largest absolute Gasteiger partial charge is 0.454 e. The summed E-state index contributed by atoms with van der Waals surface area (Å²) in [4.78, 5) is 51.4. The van der Waals surface area contributed by atoms with Gasteiger partial charge in [-0.15, -0.1) is 0 Å². The number of ether oxygens (including phenoxy) is 1. The Bertz CT molecular complexity index is 814. The molecule has 0 aromatic heterocycles. The fraction of sp³-hybridized carbons (Fsp3) is 0.450. The predicted octanol–water partition coefficient (Wildman–Crippen LogP) is 1.59. The number of amides is 4. The Morgan fingerprint density at radius 1 is 1.21 bits per heavy atom. The molecule has 1 heterocycles. The summed E-state index contributed by atoms with van der Waals surface area (Å²) in [6.07, 6.45) is 0.930. The summed E-state index contributed by atoms with van der Waals surface area (Å²) in [5, 5.41) is 11.4. The zero-order valence-corrected chi connectivity index (χ0v) is 16.5. The van der Waals surface area contributed by atoms with Crippen molar-refractivity contribution in [3.63, 3.8) is 0 Å². The number of carbonyl (C=O) groups is 4. The standard InChI is InChI=1S/C20H24N4O5/c1-3-20(4-2)18(27)24(19(28)22-20)13-17(26)29-14-16(25)23(12-8-11-21)15-9-6-5-7-10-15/h5-7,9-10H,3-4,8,12-14H2,1-2H3,(H,22,28). The van der Waals surface area contributed by atoms with E-state index >= 15 is 0 Å². The maximum Gasteiger partial charge on any atom is 0.326 e. The Morgan fingerprint density at radius 3 is 2.41 bits per heavy atom. The number of nitrogens with zero attached hydrogens (tertiary/aromatic N) is 3. The highest BCUT2D eigenvalue weighted by atomic mass is 16.5. The van der Waals surface area contributed by atoms with E-state index in [0.717, 1.165) is 4.90 Å². The number of hydrogen-bond acceptors (Lipinski definition) is 6. The zero-order valence-electron chi connectivity index (χ0n) is 16.5. The second kappa shape index (κ2) is 9.68. The van der Waals surface area contributed by atoms with Gasteiger partial charge in [0.25, 0.3) is 11.8 Å².